The van der Waals surface area contributed by atoms with Crippen molar-refractivity contribution < 1.29 is 0 Å². The molecule has 1 heterocycles. The molecule has 1 N–H and O–H groups in total. The lowest BCUT2D eigenvalue weighted by Gasteiger charge is -2.32. The van der Waals surface area contributed by atoms with Crippen LogP contribution in [0.25, 0.3) is 6.08 Å². The molecule has 1 aliphatic heterocycles. The van der Waals surface area contributed by atoms with Crippen molar-refractivity contribution in [2.45, 2.75) is 25.3 Å². The maximum Gasteiger partial charge on any atom is 0.0192 e. The second kappa shape index (κ2) is 7.34. The van der Waals surface area contributed by atoms with Crippen molar-refractivity contribution in [3.05, 3.63) is 42.0 Å². The zero-order valence-electron chi connectivity index (χ0n) is 11.3. The highest BCUT2D eigenvalue weighted by Crippen LogP contribution is 2.10. The number of likely N-dealkylation sites (tertiary alicyclic amines) is 1. The summed E-state index contributed by atoms with van der Waals surface area (Å²) >= 11 is 0. The number of piperidine rings is 1. The van der Waals surface area contributed by atoms with E-state index in [4.69, 9.17) is 0 Å². The Morgan fingerprint density at radius 2 is 2.17 bits per heavy atom. The van der Waals surface area contributed by atoms with E-state index in [1.165, 1.54) is 38.0 Å². The van der Waals surface area contributed by atoms with Crippen LogP contribution in [0.3, 0.4) is 0 Å². The van der Waals surface area contributed by atoms with Gasteiger partial charge in [0, 0.05) is 19.1 Å². The quantitative estimate of drug-likeness (QED) is 0.857. The van der Waals surface area contributed by atoms with E-state index in [-0.39, 0.29) is 0 Å². The zero-order chi connectivity index (χ0) is 12.6. The molecule has 0 bridgehead atoms. The molecular weight excluding hydrogens is 220 g/mol. The van der Waals surface area contributed by atoms with Crippen molar-refractivity contribution >= 4 is 6.08 Å². The molecule has 1 atom stereocenters. The van der Waals surface area contributed by atoms with Crippen molar-refractivity contribution in [1.82, 2.24) is 10.2 Å². The van der Waals surface area contributed by atoms with Crippen molar-refractivity contribution in [3.63, 3.8) is 0 Å². The van der Waals surface area contributed by atoms with Crippen LogP contribution in [0.1, 0.15) is 24.8 Å². The van der Waals surface area contributed by atoms with E-state index in [1.54, 1.807) is 0 Å². The molecule has 98 valence electrons. The highest BCUT2D eigenvalue weighted by atomic mass is 15.2. The Morgan fingerprint density at radius 3 is 2.94 bits per heavy atom. The third kappa shape index (κ3) is 4.28. The Hall–Kier alpha value is -1.12. The molecule has 2 heteroatoms. The van der Waals surface area contributed by atoms with Crippen LogP contribution in [0.5, 0.6) is 0 Å². The van der Waals surface area contributed by atoms with Crippen LogP contribution in [-0.2, 0) is 0 Å². The first-order valence-corrected chi connectivity index (χ1v) is 6.99. The van der Waals surface area contributed by atoms with Gasteiger partial charge in [-0.25, -0.2) is 0 Å². The van der Waals surface area contributed by atoms with E-state index < -0.39 is 0 Å². The van der Waals surface area contributed by atoms with Gasteiger partial charge in [0.2, 0.25) is 0 Å². The van der Waals surface area contributed by atoms with Gasteiger partial charge in [0.15, 0.2) is 0 Å². The summed E-state index contributed by atoms with van der Waals surface area (Å²) in [4.78, 5) is 2.57. The predicted octanol–water partition coefficient (Wildman–Crippen LogP) is 2.77. The summed E-state index contributed by atoms with van der Waals surface area (Å²) in [5.41, 5.74) is 1.30. The Bertz CT molecular complexity index is 359. The molecule has 18 heavy (non-hydrogen) atoms. The minimum Gasteiger partial charge on any atom is -0.316 e. The number of hydrogen-bond donors (Lipinski definition) is 1. The molecule has 1 aromatic carbocycles. The van der Waals surface area contributed by atoms with Gasteiger partial charge in [-0.05, 0) is 38.4 Å². The first-order valence-electron chi connectivity index (χ1n) is 6.99. The summed E-state index contributed by atoms with van der Waals surface area (Å²) in [5.74, 6) is 0. The number of nitrogens with zero attached hydrogens (tertiary/aromatic N) is 1. The number of hydrogen-bond acceptors (Lipinski definition) is 2. The fraction of sp³-hybridized carbons (Fsp3) is 0.500. The largest absolute Gasteiger partial charge is 0.316 e. The Balaban J connectivity index is 1.70. The SMILES string of the molecule is CNC1CCCN(CCC=Cc2ccccc2)C1. The van der Waals surface area contributed by atoms with E-state index in [9.17, 15) is 0 Å². The van der Waals surface area contributed by atoms with Crippen molar-refractivity contribution in [1.29, 1.82) is 0 Å². The minimum absolute atomic E-state index is 0.692. The average Bonchev–Trinajstić information content (AvgIpc) is 2.45. The van der Waals surface area contributed by atoms with Gasteiger partial charge in [-0.3, -0.25) is 0 Å². The van der Waals surface area contributed by atoms with Crippen LogP contribution >= 0.6 is 0 Å². The maximum absolute atomic E-state index is 3.39. The zero-order valence-corrected chi connectivity index (χ0v) is 11.3. The summed E-state index contributed by atoms with van der Waals surface area (Å²) in [5, 5.41) is 3.39. The fourth-order valence-corrected chi connectivity index (χ4v) is 2.53. The predicted molar refractivity (Wildman–Crippen MR) is 78.6 cm³/mol. The number of nitrogens with one attached hydrogen (secondary N) is 1. The van der Waals surface area contributed by atoms with Crippen molar-refractivity contribution in [2.24, 2.45) is 0 Å². The first kappa shape index (κ1) is 13.3. The lowest BCUT2D eigenvalue weighted by atomic mass is 10.1. The molecule has 2 rings (SSSR count). The van der Waals surface area contributed by atoms with Gasteiger partial charge in [0.25, 0.3) is 0 Å². The summed E-state index contributed by atoms with van der Waals surface area (Å²) in [7, 11) is 2.07. The van der Waals surface area contributed by atoms with Crippen LogP contribution in [0.4, 0.5) is 0 Å². The molecule has 2 nitrogen and oxygen atoms in total. The maximum atomic E-state index is 3.39. The number of benzene rings is 1. The van der Waals surface area contributed by atoms with E-state index in [0.29, 0.717) is 6.04 Å². The normalized spacial score (nSPS) is 21.5. The third-order valence-electron chi connectivity index (χ3n) is 3.64. The highest BCUT2D eigenvalue weighted by molar-refractivity contribution is 5.48. The molecule has 0 amide bonds. The van der Waals surface area contributed by atoms with Gasteiger partial charge in [-0.2, -0.15) is 0 Å². The molecule has 1 saturated heterocycles. The smallest absolute Gasteiger partial charge is 0.0192 e. The van der Waals surface area contributed by atoms with Gasteiger partial charge in [0.05, 0.1) is 0 Å². The number of likely N-dealkylation sites (N-methyl/N-ethyl adjacent to an activating group) is 1. The molecule has 1 unspecified atom stereocenters. The van der Waals surface area contributed by atoms with Crippen LogP contribution < -0.4 is 5.32 Å². The lowest BCUT2D eigenvalue weighted by Crippen LogP contribution is -2.44. The third-order valence-corrected chi connectivity index (χ3v) is 3.64. The van der Waals surface area contributed by atoms with Gasteiger partial charge in [-0.1, -0.05) is 42.5 Å². The van der Waals surface area contributed by atoms with Crippen LogP contribution in [-0.4, -0.2) is 37.6 Å². The van der Waals surface area contributed by atoms with Gasteiger partial charge >= 0.3 is 0 Å². The minimum atomic E-state index is 0.692. The van der Waals surface area contributed by atoms with Gasteiger partial charge < -0.3 is 10.2 Å². The van der Waals surface area contributed by atoms with Crippen LogP contribution in [0, 0.1) is 0 Å². The molecule has 1 fully saturated rings. The summed E-state index contributed by atoms with van der Waals surface area (Å²) in [6.07, 6.45) is 8.31. The summed E-state index contributed by atoms with van der Waals surface area (Å²) in [6, 6.07) is 11.2. The van der Waals surface area contributed by atoms with Crippen LogP contribution in [0.15, 0.2) is 36.4 Å². The molecule has 0 aromatic heterocycles. The highest BCUT2D eigenvalue weighted by Gasteiger charge is 2.16. The summed E-state index contributed by atoms with van der Waals surface area (Å²) in [6.45, 7) is 3.65. The Labute approximate surface area is 111 Å². The monoisotopic (exact) mass is 244 g/mol. The first-order chi connectivity index (χ1) is 8.88. The average molecular weight is 244 g/mol. The topological polar surface area (TPSA) is 15.3 Å². The molecule has 1 aliphatic rings. The number of rotatable bonds is 5. The summed E-state index contributed by atoms with van der Waals surface area (Å²) < 4.78 is 0. The van der Waals surface area contributed by atoms with E-state index in [1.807, 2.05) is 0 Å². The van der Waals surface area contributed by atoms with E-state index in [0.717, 1.165) is 6.42 Å². The van der Waals surface area contributed by atoms with Gasteiger partial charge in [0.1, 0.15) is 0 Å². The van der Waals surface area contributed by atoms with Crippen molar-refractivity contribution in [3.8, 4) is 0 Å². The molecule has 0 saturated carbocycles. The Kier molecular flexibility index (Phi) is 5.43. The standard InChI is InChI=1S/C16H24N2/c1-17-16-11-7-13-18(14-16)12-6-5-10-15-8-3-2-4-9-15/h2-5,8-10,16-17H,6-7,11-14H2,1H3. The van der Waals surface area contributed by atoms with Crippen LogP contribution in [0.2, 0.25) is 0 Å². The van der Waals surface area contributed by atoms with Crippen molar-refractivity contribution in [2.75, 3.05) is 26.7 Å². The van der Waals surface area contributed by atoms with E-state index in [2.05, 4.69) is 59.7 Å². The molecular formula is C16H24N2. The molecule has 0 aliphatic carbocycles. The second-order valence-corrected chi connectivity index (χ2v) is 5.03. The van der Waals surface area contributed by atoms with Gasteiger partial charge in [-0.15, -0.1) is 0 Å². The Morgan fingerprint density at radius 1 is 1.33 bits per heavy atom. The fourth-order valence-electron chi connectivity index (χ4n) is 2.53. The second-order valence-electron chi connectivity index (χ2n) is 5.03. The lowest BCUT2D eigenvalue weighted by molar-refractivity contribution is 0.198. The van der Waals surface area contributed by atoms with E-state index >= 15 is 0 Å². The molecule has 0 radical (unpaired) electrons. The molecule has 0 spiro atoms. The molecule has 1 aromatic rings.